The predicted octanol–water partition coefficient (Wildman–Crippen LogP) is 6.46. The molecule has 1 aliphatic rings. The molecule has 1 aliphatic heterocycles. The Balaban J connectivity index is 1.38. The molecule has 1 saturated heterocycles. The van der Waals surface area contributed by atoms with Gasteiger partial charge in [-0.3, -0.25) is 20.0 Å². The van der Waals surface area contributed by atoms with Gasteiger partial charge < -0.3 is 4.98 Å². The number of likely N-dealkylation sites (tertiary alicyclic amines) is 1. The number of aromatic amines is 2. The van der Waals surface area contributed by atoms with Crippen LogP contribution in [-0.2, 0) is 6.54 Å². The van der Waals surface area contributed by atoms with Gasteiger partial charge in [0, 0.05) is 53.5 Å². The number of fused-ring (bicyclic) bond motifs is 1. The number of pyridine rings is 2. The number of rotatable bonds is 7. The average molecular weight is 520 g/mol. The number of aryl methyl sites for hydroxylation is 1. The zero-order chi connectivity index (χ0) is 26.8. The minimum absolute atomic E-state index is 0.276. The van der Waals surface area contributed by atoms with Crippen molar-refractivity contribution in [2.45, 2.75) is 32.7 Å². The first-order valence-corrected chi connectivity index (χ1v) is 13.3. The van der Waals surface area contributed by atoms with E-state index in [1.54, 1.807) is 24.7 Å². The molecule has 8 heteroatoms. The van der Waals surface area contributed by atoms with Crippen LogP contribution in [0.3, 0.4) is 0 Å². The number of imidazole rings is 1. The Morgan fingerprint density at radius 3 is 2.67 bits per heavy atom. The van der Waals surface area contributed by atoms with E-state index in [4.69, 9.17) is 4.98 Å². The lowest BCUT2D eigenvalue weighted by Gasteiger charge is -2.26. The van der Waals surface area contributed by atoms with Crippen molar-refractivity contribution in [3.8, 4) is 22.6 Å². The average Bonchev–Trinajstić information content (AvgIpc) is 3.56. The molecule has 2 N–H and O–H groups in total. The zero-order valence-corrected chi connectivity index (χ0v) is 21.9. The van der Waals surface area contributed by atoms with Crippen LogP contribution in [0, 0.1) is 12.7 Å². The van der Waals surface area contributed by atoms with Gasteiger partial charge in [0.1, 0.15) is 11.2 Å². The predicted molar refractivity (Wildman–Crippen MR) is 152 cm³/mol. The van der Waals surface area contributed by atoms with Gasteiger partial charge >= 0.3 is 0 Å². The molecule has 6 rings (SSSR count). The summed E-state index contributed by atoms with van der Waals surface area (Å²) >= 11 is 0. The van der Waals surface area contributed by atoms with Crippen molar-refractivity contribution in [1.82, 2.24) is 35.0 Å². The highest BCUT2D eigenvalue weighted by Gasteiger charge is 2.20. The number of aromatic nitrogens is 6. The number of piperidine rings is 1. The molecule has 0 unspecified atom stereocenters. The van der Waals surface area contributed by atoms with E-state index in [1.807, 2.05) is 37.4 Å². The van der Waals surface area contributed by atoms with Gasteiger partial charge in [0.25, 0.3) is 0 Å². The zero-order valence-electron chi connectivity index (χ0n) is 21.9. The van der Waals surface area contributed by atoms with Crippen LogP contribution in [0.5, 0.6) is 0 Å². The van der Waals surface area contributed by atoms with E-state index in [0.29, 0.717) is 16.9 Å². The van der Waals surface area contributed by atoms with Gasteiger partial charge in [-0.1, -0.05) is 25.2 Å². The van der Waals surface area contributed by atoms with Crippen LogP contribution in [0.1, 0.15) is 41.8 Å². The first-order valence-electron chi connectivity index (χ1n) is 13.3. The number of H-pyrrole nitrogens is 2. The largest absolute Gasteiger partial charge is 0.340 e. The van der Waals surface area contributed by atoms with Gasteiger partial charge in [0.2, 0.25) is 0 Å². The summed E-state index contributed by atoms with van der Waals surface area (Å²) in [5.74, 6) is 0.196. The smallest absolute Gasteiger partial charge is 0.156 e. The van der Waals surface area contributed by atoms with Crippen LogP contribution in [0.4, 0.5) is 4.39 Å². The summed E-state index contributed by atoms with van der Waals surface area (Å²) in [7, 11) is 0. The van der Waals surface area contributed by atoms with E-state index in [2.05, 4.69) is 42.7 Å². The van der Waals surface area contributed by atoms with Crippen molar-refractivity contribution in [2.75, 3.05) is 13.1 Å². The molecule has 0 saturated carbocycles. The maximum Gasteiger partial charge on any atom is 0.156 e. The van der Waals surface area contributed by atoms with Crippen LogP contribution in [0.2, 0.25) is 0 Å². The van der Waals surface area contributed by atoms with Crippen LogP contribution in [0.15, 0.2) is 73.9 Å². The van der Waals surface area contributed by atoms with Crippen LogP contribution >= 0.6 is 0 Å². The molecule has 0 spiro atoms. The molecular weight excluding hydrogens is 489 g/mol. The lowest BCUT2D eigenvalue weighted by molar-refractivity contribution is 0.220. The highest BCUT2D eigenvalue weighted by molar-refractivity contribution is 5.95. The summed E-state index contributed by atoms with van der Waals surface area (Å²) in [6.07, 6.45) is 14.6. The van der Waals surface area contributed by atoms with Crippen molar-refractivity contribution >= 4 is 16.5 Å². The number of nitrogens with zero attached hydrogens (tertiary/aromatic N) is 5. The first kappa shape index (κ1) is 24.9. The molecule has 0 amide bonds. The van der Waals surface area contributed by atoms with Crippen molar-refractivity contribution in [3.63, 3.8) is 0 Å². The van der Waals surface area contributed by atoms with E-state index in [0.717, 1.165) is 58.8 Å². The molecule has 0 atom stereocenters. The highest BCUT2D eigenvalue weighted by Crippen LogP contribution is 2.33. The molecule has 0 radical (unpaired) electrons. The minimum Gasteiger partial charge on any atom is -0.340 e. The monoisotopic (exact) mass is 519 g/mol. The van der Waals surface area contributed by atoms with Crippen molar-refractivity contribution in [3.05, 3.63) is 102 Å². The SMILES string of the molecule is C=C/C=C(/c1ccncc1)c1nc(-c2[nH]nc3c(F)cc(-c4cncc(CN5CCCCC5)c4)cc23)[nH]c1C. The Hall–Kier alpha value is -4.43. The lowest BCUT2D eigenvalue weighted by atomic mass is 10.0. The molecule has 0 bridgehead atoms. The molecule has 5 heterocycles. The number of nitrogens with one attached hydrogen (secondary N) is 2. The summed E-state index contributed by atoms with van der Waals surface area (Å²) < 4.78 is 15.3. The molecule has 1 aromatic carbocycles. The molecule has 0 aliphatic carbocycles. The Bertz CT molecular complexity index is 1660. The third kappa shape index (κ3) is 5.03. The van der Waals surface area contributed by atoms with Crippen molar-refractivity contribution < 1.29 is 4.39 Å². The van der Waals surface area contributed by atoms with Crippen molar-refractivity contribution in [1.29, 1.82) is 0 Å². The van der Waals surface area contributed by atoms with Gasteiger partial charge in [-0.25, -0.2) is 9.37 Å². The summed E-state index contributed by atoms with van der Waals surface area (Å²) in [4.78, 5) is 19.3. The minimum atomic E-state index is -0.390. The fraction of sp³-hybridized carbons (Fsp3) is 0.226. The molecule has 4 aromatic heterocycles. The second kappa shape index (κ2) is 10.7. The lowest BCUT2D eigenvalue weighted by Crippen LogP contribution is -2.29. The Morgan fingerprint density at radius 1 is 1.05 bits per heavy atom. The van der Waals surface area contributed by atoms with Crippen LogP contribution in [0.25, 0.3) is 39.1 Å². The summed E-state index contributed by atoms with van der Waals surface area (Å²) in [6, 6.07) is 9.47. The van der Waals surface area contributed by atoms with Crippen molar-refractivity contribution in [2.24, 2.45) is 0 Å². The number of halogens is 1. The van der Waals surface area contributed by atoms with Gasteiger partial charge in [0.05, 0.1) is 5.69 Å². The molecular formula is C31H30FN7. The number of allylic oxidation sites excluding steroid dienone is 2. The standard InChI is InChI=1S/C31H30FN7/c1-3-7-25(22-8-10-33-11-9-22)28-20(2)35-31(36-28)30-26-15-23(16-27(32)29(26)37-38-30)24-14-21(17-34-18-24)19-39-12-5-4-6-13-39/h3,7-11,14-18H,1,4-6,12-13,19H2,2H3,(H,35,36)(H,37,38)/b25-7-. The van der Waals surface area contributed by atoms with E-state index < -0.39 is 0 Å². The fourth-order valence-corrected chi connectivity index (χ4v) is 5.33. The normalized spacial score (nSPS) is 14.7. The van der Waals surface area contributed by atoms with E-state index >= 15 is 4.39 Å². The van der Waals surface area contributed by atoms with E-state index in [-0.39, 0.29) is 11.3 Å². The first-order chi connectivity index (χ1) is 19.1. The molecule has 39 heavy (non-hydrogen) atoms. The topological polar surface area (TPSA) is 86.4 Å². The Morgan fingerprint density at radius 2 is 1.87 bits per heavy atom. The second-order valence-electron chi connectivity index (χ2n) is 9.98. The van der Waals surface area contributed by atoms with Gasteiger partial charge in [-0.05, 0) is 79.9 Å². The summed E-state index contributed by atoms with van der Waals surface area (Å²) in [5, 5.41) is 7.95. The number of hydrogen-bond donors (Lipinski definition) is 2. The van der Waals surface area contributed by atoms with E-state index in [1.165, 1.54) is 25.3 Å². The maximum absolute atomic E-state index is 15.3. The number of hydrogen-bond acceptors (Lipinski definition) is 5. The Labute approximate surface area is 226 Å². The van der Waals surface area contributed by atoms with E-state index in [9.17, 15) is 0 Å². The maximum atomic E-state index is 15.3. The summed E-state index contributed by atoms with van der Waals surface area (Å²) in [5.41, 5.74) is 7.22. The quantitative estimate of drug-likeness (QED) is 0.241. The van der Waals surface area contributed by atoms with Gasteiger partial charge in [0.15, 0.2) is 11.6 Å². The third-order valence-electron chi connectivity index (χ3n) is 7.25. The third-order valence-corrected chi connectivity index (χ3v) is 7.25. The highest BCUT2D eigenvalue weighted by atomic mass is 19.1. The molecule has 1 fully saturated rings. The van der Waals surface area contributed by atoms with Gasteiger partial charge in [-0.2, -0.15) is 5.10 Å². The molecule has 7 nitrogen and oxygen atoms in total. The van der Waals surface area contributed by atoms with Crippen LogP contribution < -0.4 is 0 Å². The Kier molecular flexibility index (Phi) is 6.85. The number of benzene rings is 1. The summed E-state index contributed by atoms with van der Waals surface area (Å²) in [6.45, 7) is 8.91. The molecule has 196 valence electrons. The fourth-order valence-electron chi connectivity index (χ4n) is 5.33. The second-order valence-corrected chi connectivity index (χ2v) is 9.98. The molecule has 5 aromatic rings. The van der Waals surface area contributed by atoms with Crippen LogP contribution in [-0.4, -0.2) is 48.1 Å². The van der Waals surface area contributed by atoms with Gasteiger partial charge in [-0.15, -0.1) is 0 Å².